The Bertz CT molecular complexity index is 1310. The van der Waals surface area contributed by atoms with Crippen LogP contribution in [0.15, 0.2) is 77.2 Å². The average molecular weight is 443 g/mol. The van der Waals surface area contributed by atoms with Crippen LogP contribution < -0.4 is 0 Å². The fraction of sp³-hybridized carbons (Fsp3) is 0.222. The lowest BCUT2D eigenvalue weighted by atomic mass is 9.99. The monoisotopic (exact) mass is 443 g/mol. The second kappa shape index (κ2) is 9.69. The molecule has 4 rings (SSSR count). The van der Waals surface area contributed by atoms with Crippen LogP contribution in [0.1, 0.15) is 46.9 Å². The predicted octanol–water partition coefficient (Wildman–Crippen LogP) is 5.55. The highest BCUT2D eigenvalue weighted by Crippen LogP contribution is 2.29. The zero-order valence-corrected chi connectivity index (χ0v) is 18.4. The van der Waals surface area contributed by atoms with Crippen LogP contribution in [0.5, 0.6) is 0 Å². The van der Waals surface area contributed by atoms with Gasteiger partial charge < -0.3 is 14.4 Å². The molecular formula is C27H25NO5. The van der Waals surface area contributed by atoms with E-state index in [4.69, 9.17) is 4.42 Å². The lowest BCUT2D eigenvalue weighted by molar-refractivity contribution is -0.142. The van der Waals surface area contributed by atoms with Crippen molar-refractivity contribution in [2.45, 2.75) is 32.2 Å². The average Bonchev–Trinajstić information content (AvgIpc) is 3.21. The van der Waals surface area contributed by atoms with Gasteiger partial charge in [0.15, 0.2) is 5.78 Å². The molecule has 1 amide bonds. The quantitative estimate of drug-likeness (QED) is 0.343. The van der Waals surface area contributed by atoms with Crippen molar-refractivity contribution in [1.29, 1.82) is 0 Å². The van der Waals surface area contributed by atoms with Crippen LogP contribution in [0.25, 0.3) is 21.9 Å². The molecule has 0 fully saturated rings. The van der Waals surface area contributed by atoms with Gasteiger partial charge in [-0.05, 0) is 42.8 Å². The summed E-state index contributed by atoms with van der Waals surface area (Å²) in [6, 6.07) is 20.0. The molecule has 1 unspecified atom stereocenters. The van der Waals surface area contributed by atoms with E-state index in [9.17, 15) is 19.5 Å². The van der Waals surface area contributed by atoms with Gasteiger partial charge in [0.25, 0.3) is 5.91 Å². The first-order valence-electron chi connectivity index (χ1n) is 11.0. The molecule has 1 aromatic heterocycles. The molecule has 33 heavy (non-hydrogen) atoms. The highest BCUT2D eigenvalue weighted by molar-refractivity contribution is 6.09. The molecule has 0 aliphatic heterocycles. The summed E-state index contributed by atoms with van der Waals surface area (Å²) in [5.74, 6) is -1.92. The third kappa shape index (κ3) is 4.65. The Kier molecular flexibility index (Phi) is 6.54. The van der Waals surface area contributed by atoms with Crippen LogP contribution in [0.4, 0.5) is 0 Å². The molecule has 168 valence electrons. The van der Waals surface area contributed by atoms with Crippen LogP contribution in [0.3, 0.4) is 0 Å². The number of amides is 1. The van der Waals surface area contributed by atoms with Gasteiger partial charge in [0, 0.05) is 34.9 Å². The van der Waals surface area contributed by atoms with Crippen LogP contribution in [-0.2, 0) is 4.79 Å². The smallest absolute Gasteiger partial charge is 0.326 e. The summed E-state index contributed by atoms with van der Waals surface area (Å²) >= 11 is 0. The molecule has 0 saturated carbocycles. The molecule has 0 saturated heterocycles. The van der Waals surface area contributed by atoms with E-state index in [1.807, 2.05) is 31.2 Å². The number of carboxylic acids is 1. The molecular weight excluding hydrogens is 418 g/mol. The second-order valence-electron chi connectivity index (χ2n) is 8.01. The SMILES string of the molecule is CCCCN(C(=O)c1ccccc1)C(CC(=O)c1ccc2oc3ccccc3c2c1)C(=O)O. The molecule has 0 aliphatic carbocycles. The number of unbranched alkanes of at least 4 members (excludes halogenated alkanes) is 1. The summed E-state index contributed by atoms with van der Waals surface area (Å²) in [4.78, 5) is 39.8. The number of carbonyl (C=O) groups is 3. The van der Waals surface area contributed by atoms with E-state index in [-0.39, 0.29) is 24.7 Å². The number of carbonyl (C=O) groups excluding carboxylic acids is 2. The van der Waals surface area contributed by atoms with Crippen molar-refractivity contribution >= 4 is 39.6 Å². The standard InChI is InChI=1S/C27H25NO5/c1-2-3-15-28(26(30)18-9-5-4-6-10-18)22(27(31)32)17-23(29)19-13-14-25-21(16-19)20-11-7-8-12-24(20)33-25/h4-14,16,22H,2-3,15,17H2,1H3,(H,31,32). The largest absolute Gasteiger partial charge is 0.480 e. The highest BCUT2D eigenvalue weighted by atomic mass is 16.4. The Hall–Kier alpha value is -3.93. The van der Waals surface area contributed by atoms with E-state index in [0.29, 0.717) is 23.1 Å². The van der Waals surface area contributed by atoms with Crippen molar-refractivity contribution in [3.63, 3.8) is 0 Å². The van der Waals surface area contributed by atoms with Gasteiger partial charge in [0.2, 0.25) is 0 Å². The van der Waals surface area contributed by atoms with Gasteiger partial charge in [0.1, 0.15) is 17.2 Å². The fourth-order valence-corrected chi connectivity index (χ4v) is 4.00. The van der Waals surface area contributed by atoms with E-state index >= 15 is 0 Å². The zero-order valence-electron chi connectivity index (χ0n) is 18.4. The lowest BCUT2D eigenvalue weighted by Crippen LogP contribution is -2.46. The Balaban J connectivity index is 1.64. The summed E-state index contributed by atoms with van der Waals surface area (Å²) in [6.07, 6.45) is 1.13. The van der Waals surface area contributed by atoms with Gasteiger partial charge in [-0.3, -0.25) is 9.59 Å². The molecule has 6 nitrogen and oxygen atoms in total. The van der Waals surface area contributed by atoms with E-state index in [2.05, 4.69) is 0 Å². The normalized spacial score (nSPS) is 12.0. The molecule has 1 N–H and O–H groups in total. The highest BCUT2D eigenvalue weighted by Gasteiger charge is 2.32. The van der Waals surface area contributed by atoms with Crippen molar-refractivity contribution in [1.82, 2.24) is 4.90 Å². The number of nitrogens with zero attached hydrogens (tertiary/aromatic N) is 1. The number of fused-ring (bicyclic) bond motifs is 3. The van der Waals surface area contributed by atoms with Gasteiger partial charge in [-0.2, -0.15) is 0 Å². The van der Waals surface area contributed by atoms with Crippen molar-refractivity contribution in [2.24, 2.45) is 0 Å². The number of aliphatic carboxylic acids is 1. The molecule has 0 bridgehead atoms. The number of hydrogen-bond acceptors (Lipinski definition) is 4. The van der Waals surface area contributed by atoms with Gasteiger partial charge in [-0.25, -0.2) is 4.79 Å². The number of furan rings is 1. The molecule has 0 spiro atoms. The Morgan fingerprint density at radius 3 is 2.30 bits per heavy atom. The Labute approximate surface area is 191 Å². The van der Waals surface area contributed by atoms with Crippen molar-refractivity contribution in [3.8, 4) is 0 Å². The summed E-state index contributed by atoms with van der Waals surface area (Å²) < 4.78 is 5.81. The molecule has 6 heteroatoms. The topological polar surface area (TPSA) is 87.8 Å². The number of ketones is 1. The maximum atomic E-state index is 13.2. The zero-order chi connectivity index (χ0) is 23.4. The molecule has 1 heterocycles. The van der Waals surface area contributed by atoms with E-state index in [1.54, 1.807) is 48.5 Å². The summed E-state index contributed by atoms with van der Waals surface area (Å²) in [5.41, 5.74) is 2.17. The molecule has 4 aromatic rings. The molecule has 1 atom stereocenters. The van der Waals surface area contributed by atoms with Crippen LogP contribution >= 0.6 is 0 Å². The molecule has 3 aromatic carbocycles. The number of benzene rings is 3. The van der Waals surface area contributed by atoms with Crippen molar-refractivity contribution in [2.75, 3.05) is 6.54 Å². The first-order chi connectivity index (χ1) is 16.0. The Morgan fingerprint density at radius 2 is 1.58 bits per heavy atom. The van der Waals surface area contributed by atoms with Crippen LogP contribution in [0.2, 0.25) is 0 Å². The number of carboxylic acid groups (broad SMARTS) is 1. The minimum atomic E-state index is -1.26. The third-order valence-corrected chi connectivity index (χ3v) is 5.77. The lowest BCUT2D eigenvalue weighted by Gasteiger charge is -2.29. The minimum absolute atomic E-state index is 0.264. The van der Waals surface area contributed by atoms with Gasteiger partial charge in [-0.15, -0.1) is 0 Å². The maximum Gasteiger partial charge on any atom is 0.326 e. The fourth-order valence-electron chi connectivity index (χ4n) is 4.00. The van der Waals surface area contributed by atoms with E-state index in [0.717, 1.165) is 22.8 Å². The second-order valence-corrected chi connectivity index (χ2v) is 8.01. The molecule has 0 aliphatic rings. The van der Waals surface area contributed by atoms with Gasteiger partial charge in [0.05, 0.1) is 0 Å². The van der Waals surface area contributed by atoms with Crippen molar-refractivity contribution in [3.05, 3.63) is 83.9 Å². The predicted molar refractivity (Wildman–Crippen MR) is 126 cm³/mol. The van der Waals surface area contributed by atoms with Gasteiger partial charge in [-0.1, -0.05) is 49.7 Å². The summed E-state index contributed by atoms with van der Waals surface area (Å²) in [7, 11) is 0. The molecule has 0 radical (unpaired) electrons. The van der Waals surface area contributed by atoms with E-state index < -0.39 is 12.0 Å². The first kappa shape index (κ1) is 22.3. The maximum absolute atomic E-state index is 13.2. The summed E-state index contributed by atoms with van der Waals surface area (Å²) in [5, 5.41) is 11.6. The van der Waals surface area contributed by atoms with E-state index in [1.165, 1.54) is 4.90 Å². The number of Topliss-reactive ketones (excluding diaryl/α,β-unsaturated/α-hetero) is 1. The summed E-state index contributed by atoms with van der Waals surface area (Å²) in [6.45, 7) is 2.23. The number of hydrogen-bond donors (Lipinski definition) is 1. The van der Waals surface area contributed by atoms with Crippen LogP contribution in [0, 0.1) is 0 Å². The number of para-hydroxylation sites is 1. The Morgan fingerprint density at radius 1 is 0.879 bits per heavy atom. The number of rotatable bonds is 9. The van der Waals surface area contributed by atoms with Gasteiger partial charge >= 0.3 is 5.97 Å². The van der Waals surface area contributed by atoms with Crippen molar-refractivity contribution < 1.29 is 23.9 Å². The first-order valence-corrected chi connectivity index (χ1v) is 11.0. The third-order valence-electron chi connectivity index (χ3n) is 5.77. The van der Waals surface area contributed by atoms with Crippen LogP contribution in [-0.4, -0.2) is 40.3 Å². The minimum Gasteiger partial charge on any atom is -0.480 e.